The van der Waals surface area contributed by atoms with Gasteiger partial charge in [-0.2, -0.15) is 4.31 Å². The highest BCUT2D eigenvalue weighted by Gasteiger charge is 2.27. The first-order valence-corrected chi connectivity index (χ1v) is 9.91. The normalized spacial score (nSPS) is 13.9. The van der Waals surface area contributed by atoms with E-state index in [9.17, 15) is 13.2 Å². The highest BCUT2D eigenvalue weighted by molar-refractivity contribution is 7.93. The summed E-state index contributed by atoms with van der Waals surface area (Å²) in [5.41, 5.74) is 3.81. The molecule has 136 valence electrons. The monoisotopic (exact) mass is 370 g/mol. The van der Waals surface area contributed by atoms with Crippen LogP contribution < -0.4 is 5.32 Å². The fraction of sp³-hybridized carbons (Fsp3) is 0.250. The molecule has 0 bridgehead atoms. The van der Waals surface area contributed by atoms with E-state index in [1.807, 2.05) is 43.3 Å². The van der Waals surface area contributed by atoms with Crippen molar-refractivity contribution in [1.29, 1.82) is 0 Å². The van der Waals surface area contributed by atoms with Gasteiger partial charge in [-0.05, 0) is 49.1 Å². The van der Waals surface area contributed by atoms with Gasteiger partial charge in [0.1, 0.15) is 0 Å². The molecule has 2 aromatic carbocycles. The number of hydrogen-bond donors (Lipinski definition) is 1. The molecule has 0 saturated carbocycles. The van der Waals surface area contributed by atoms with Crippen LogP contribution in [-0.2, 0) is 21.2 Å². The number of nitrogens with one attached hydrogen (secondary N) is 1. The zero-order valence-corrected chi connectivity index (χ0v) is 15.7. The van der Waals surface area contributed by atoms with Crippen LogP contribution >= 0.6 is 0 Å². The average Bonchev–Trinajstić information content (AvgIpc) is 2.63. The molecule has 26 heavy (non-hydrogen) atoms. The predicted molar refractivity (Wildman–Crippen MR) is 104 cm³/mol. The van der Waals surface area contributed by atoms with Crippen molar-refractivity contribution >= 4 is 27.7 Å². The molecule has 2 aromatic rings. The van der Waals surface area contributed by atoms with Crippen molar-refractivity contribution in [3.63, 3.8) is 0 Å². The number of nitrogens with zero attached hydrogens (tertiary/aromatic N) is 1. The summed E-state index contributed by atoms with van der Waals surface area (Å²) < 4.78 is 26.7. The number of rotatable bonds is 5. The molecule has 0 atom stereocenters. The van der Waals surface area contributed by atoms with Gasteiger partial charge in [-0.15, -0.1) is 0 Å². The van der Waals surface area contributed by atoms with Gasteiger partial charge in [0, 0.05) is 12.7 Å². The quantitative estimate of drug-likeness (QED) is 0.879. The van der Waals surface area contributed by atoms with E-state index in [4.69, 9.17) is 0 Å². The number of carbonyl (C=O) groups is 1. The molecule has 0 radical (unpaired) electrons. The maximum atomic E-state index is 12.8. The molecule has 1 amide bonds. The Hall–Kier alpha value is -2.44. The number of allylic oxidation sites excluding steroid dienone is 1. The standard InChI is InChI=1S/C20H22N2O3S/c1-15-7-10-18(11-8-15)21-20(23)14-22(2)26(24,25)19-12-9-16-5-3-4-6-17(16)13-19/h3-8,10-11,13H,9,12,14H2,1-2H3,(H,21,23). The van der Waals surface area contributed by atoms with Crippen molar-refractivity contribution in [3.05, 3.63) is 70.1 Å². The van der Waals surface area contributed by atoms with Gasteiger partial charge in [0.25, 0.3) is 0 Å². The highest BCUT2D eigenvalue weighted by Crippen LogP contribution is 2.28. The molecule has 0 heterocycles. The molecule has 0 saturated heterocycles. The van der Waals surface area contributed by atoms with Crippen LogP contribution in [0.1, 0.15) is 23.1 Å². The van der Waals surface area contributed by atoms with E-state index in [2.05, 4.69) is 5.32 Å². The molecule has 0 aliphatic heterocycles. The van der Waals surface area contributed by atoms with Crippen molar-refractivity contribution < 1.29 is 13.2 Å². The number of fused-ring (bicyclic) bond motifs is 1. The van der Waals surface area contributed by atoms with Crippen LogP contribution in [0, 0.1) is 6.92 Å². The summed E-state index contributed by atoms with van der Waals surface area (Å²) in [7, 11) is -2.23. The lowest BCUT2D eigenvalue weighted by Gasteiger charge is -2.22. The summed E-state index contributed by atoms with van der Waals surface area (Å²) in [6.45, 7) is 1.73. The first kappa shape index (κ1) is 18.4. The highest BCUT2D eigenvalue weighted by atomic mass is 32.2. The molecular formula is C20H22N2O3S. The second kappa shape index (κ2) is 7.43. The summed E-state index contributed by atoms with van der Waals surface area (Å²) in [6.07, 6.45) is 2.84. The Kier molecular flexibility index (Phi) is 5.25. The summed E-state index contributed by atoms with van der Waals surface area (Å²) in [6, 6.07) is 15.1. The van der Waals surface area contributed by atoms with E-state index in [0.717, 1.165) is 21.0 Å². The Morgan fingerprint density at radius 2 is 1.77 bits per heavy atom. The van der Waals surface area contributed by atoms with Gasteiger partial charge in [0.05, 0.1) is 11.4 Å². The van der Waals surface area contributed by atoms with Gasteiger partial charge in [0.2, 0.25) is 15.9 Å². The average molecular weight is 370 g/mol. The third-order valence-corrected chi connectivity index (χ3v) is 6.39. The van der Waals surface area contributed by atoms with Crippen LogP contribution in [0.5, 0.6) is 0 Å². The van der Waals surface area contributed by atoms with Gasteiger partial charge in [-0.1, -0.05) is 42.0 Å². The smallest absolute Gasteiger partial charge is 0.239 e. The third-order valence-electron chi connectivity index (χ3n) is 4.46. The molecule has 3 rings (SSSR count). The largest absolute Gasteiger partial charge is 0.325 e. The van der Waals surface area contributed by atoms with Crippen molar-refractivity contribution in [2.45, 2.75) is 19.8 Å². The Bertz CT molecular complexity index is 947. The number of sulfonamides is 1. The van der Waals surface area contributed by atoms with Crippen molar-refractivity contribution in [2.24, 2.45) is 0 Å². The van der Waals surface area contributed by atoms with Crippen LogP contribution in [0.15, 0.2) is 53.4 Å². The second-order valence-corrected chi connectivity index (χ2v) is 8.58. The number of benzene rings is 2. The summed E-state index contributed by atoms with van der Waals surface area (Å²) >= 11 is 0. The molecule has 0 aromatic heterocycles. The molecule has 1 aliphatic rings. The molecule has 0 fully saturated rings. The minimum absolute atomic E-state index is 0.227. The van der Waals surface area contributed by atoms with Crippen LogP contribution in [0.3, 0.4) is 0 Å². The molecule has 1 N–H and O–H groups in total. The summed E-state index contributed by atoms with van der Waals surface area (Å²) in [5, 5.41) is 2.73. The minimum Gasteiger partial charge on any atom is -0.325 e. The van der Waals surface area contributed by atoms with E-state index < -0.39 is 10.0 Å². The first-order valence-electron chi connectivity index (χ1n) is 8.47. The SMILES string of the molecule is Cc1ccc(NC(=O)CN(C)S(=O)(=O)C2=Cc3ccccc3CC2)cc1. The van der Waals surface area contributed by atoms with Crippen LogP contribution in [0.4, 0.5) is 5.69 Å². The van der Waals surface area contributed by atoms with Gasteiger partial charge >= 0.3 is 0 Å². The van der Waals surface area contributed by atoms with Gasteiger partial charge < -0.3 is 5.32 Å². The number of amides is 1. The van der Waals surface area contributed by atoms with Crippen molar-refractivity contribution in [1.82, 2.24) is 4.31 Å². The summed E-state index contributed by atoms with van der Waals surface area (Å²) in [4.78, 5) is 12.5. The first-order chi connectivity index (χ1) is 12.4. The maximum absolute atomic E-state index is 12.8. The Labute approximate surface area is 154 Å². The van der Waals surface area contributed by atoms with E-state index in [-0.39, 0.29) is 12.5 Å². The van der Waals surface area contributed by atoms with Gasteiger partial charge in [0.15, 0.2) is 0 Å². The number of anilines is 1. The molecule has 5 nitrogen and oxygen atoms in total. The third kappa shape index (κ3) is 4.03. The second-order valence-electron chi connectivity index (χ2n) is 6.48. The lowest BCUT2D eigenvalue weighted by molar-refractivity contribution is -0.116. The van der Waals surface area contributed by atoms with Crippen molar-refractivity contribution in [3.8, 4) is 0 Å². The minimum atomic E-state index is -3.67. The fourth-order valence-corrected chi connectivity index (χ4v) is 4.26. The predicted octanol–water partition coefficient (Wildman–Crippen LogP) is 3.18. The van der Waals surface area contributed by atoms with Gasteiger partial charge in [-0.3, -0.25) is 4.79 Å². The van der Waals surface area contributed by atoms with Crippen LogP contribution in [-0.4, -0.2) is 32.2 Å². The number of likely N-dealkylation sites (N-methyl/N-ethyl adjacent to an activating group) is 1. The van der Waals surface area contributed by atoms with Gasteiger partial charge in [-0.25, -0.2) is 8.42 Å². The molecule has 0 spiro atoms. The number of carbonyl (C=O) groups excluding carboxylic acids is 1. The Balaban J connectivity index is 1.70. The zero-order chi connectivity index (χ0) is 18.7. The maximum Gasteiger partial charge on any atom is 0.239 e. The topological polar surface area (TPSA) is 66.5 Å². The molecule has 6 heteroatoms. The summed E-state index contributed by atoms with van der Waals surface area (Å²) in [5.74, 6) is -0.364. The molecular weight excluding hydrogens is 348 g/mol. The molecule has 0 unspecified atom stereocenters. The van der Waals surface area contributed by atoms with E-state index >= 15 is 0 Å². The van der Waals surface area contributed by atoms with E-state index in [1.54, 1.807) is 18.2 Å². The lowest BCUT2D eigenvalue weighted by Crippen LogP contribution is -2.36. The zero-order valence-electron chi connectivity index (χ0n) is 14.9. The van der Waals surface area contributed by atoms with E-state index in [0.29, 0.717) is 23.4 Å². The van der Waals surface area contributed by atoms with E-state index in [1.165, 1.54) is 7.05 Å². The van der Waals surface area contributed by atoms with Crippen LogP contribution in [0.2, 0.25) is 0 Å². The number of hydrogen-bond acceptors (Lipinski definition) is 3. The Morgan fingerprint density at radius 1 is 1.08 bits per heavy atom. The fourth-order valence-electron chi connectivity index (χ4n) is 2.93. The molecule has 1 aliphatic carbocycles. The lowest BCUT2D eigenvalue weighted by atomic mass is 9.98. The Morgan fingerprint density at radius 3 is 2.50 bits per heavy atom. The number of aryl methyl sites for hydroxylation is 2. The van der Waals surface area contributed by atoms with Crippen molar-refractivity contribution in [2.75, 3.05) is 18.9 Å². The van der Waals surface area contributed by atoms with Crippen LogP contribution in [0.25, 0.3) is 6.08 Å².